The molecule has 0 aliphatic heterocycles. The summed E-state index contributed by atoms with van der Waals surface area (Å²) in [6, 6.07) is 4.03. The quantitative estimate of drug-likeness (QED) is 0.395. The largest absolute Gasteiger partial charge is 0.460 e. The van der Waals surface area contributed by atoms with Gasteiger partial charge in [0.25, 0.3) is 11.5 Å². The fraction of sp³-hybridized carbons (Fsp3) is 0.231. The number of aryl methyl sites for hydroxylation is 1. The van der Waals surface area contributed by atoms with Crippen LogP contribution in [0.5, 0.6) is 0 Å². The molecule has 23 heavy (non-hydrogen) atoms. The van der Waals surface area contributed by atoms with Gasteiger partial charge in [-0.3, -0.25) is 14.7 Å². The average Bonchev–Trinajstić information content (AvgIpc) is 2.98. The van der Waals surface area contributed by atoms with Crippen molar-refractivity contribution in [2.24, 2.45) is 7.05 Å². The summed E-state index contributed by atoms with van der Waals surface area (Å²) in [5.74, 6) is -1.04. The molecule has 0 amide bonds. The van der Waals surface area contributed by atoms with E-state index in [4.69, 9.17) is 4.74 Å². The molecule has 0 unspecified atom stereocenters. The standard InChI is InChI=1S/C13H11N5O5/c1-3-23-12(19)10-14-11-8-6-7(18(21)22)4-5-9(8)16(2)13(20)17(11)15-10/h4-6H,3H2,1-2H3. The van der Waals surface area contributed by atoms with Crippen LogP contribution >= 0.6 is 0 Å². The molecule has 10 nitrogen and oxygen atoms in total. The minimum atomic E-state index is -0.767. The van der Waals surface area contributed by atoms with Crippen LogP contribution in [-0.2, 0) is 11.8 Å². The third-order valence-electron chi connectivity index (χ3n) is 3.33. The lowest BCUT2D eigenvalue weighted by atomic mass is 10.2. The molecule has 2 heterocycles. The van der Waals surface area contributed by atoms with Crippen molar-refractivity contribution in [3.8, 4) is 0 Å². The predicted octanol–water partition coefficient (Wildman–Crippen LogP) is 0.666. The van der Waals surface area contributed by atoms with Gasteiger partial charge in [-0.25, -0.2) is 14.6 Å². The first kappa shape index (κ1) is 14.6. The lowest BCUT2D eigenvalue weighted by Crippen LogP contribution is -2.25. The highest BCUT2D eigenvalue weighted by Crippen LogP contribution is 2.22. The fourth-order valence-electron chi connectivity index (χ4n) is 2.26. The van der Waals surface area contributed by atoms with Gasteiger partial charge in [-0.1, -0.05) is 0 Å². The van der Waals surface area contributed by atoms with Crippen molar-refractivity contribution >= 4 is 28.2 Å². The van der Waals surface area contributed by atoms with Crippen molar-refractivity contribution in [1.82, 2.24) is 19.2 Å². The first-order valence-corrected chi connectivity index (χ1v) is 6.65. The van der Waals surface area contributed by atoms with Crippen molar-refractivity contribution in [3.63, 3.8) is 0 Å². The van der Waals surface area contributed by atoms with Gasteiger partial charge in [-0.15, -0.1) is 5.10 Å². The van der Waals surface area contributed by atoms with Crippen LogP contribution in [0, 0.1) is 10.1 Å². The van der Waals surface area contributed by atoms with Crippen LogP contribution in [0.25, 0.3) is 16.6 Å². The molecule has 0 spiro atoms. The minimum Gasteiger partial charge on any atom is -0.460 e. The zero-order chi connectivity index (χ0) is 16.7. The van der Waals surface area contributed by atoms with Crippen LogP contribution in [0.15, 0.2) is 23.0 Å². The highest BCUT2D eigenvalue weighted by atomic mass is 16.6. The Hall–Kier alpha value is -3.30. The van der Waals surface area contributed by atoms with Crippen molar-refractivity contribution in [3.05, 3.63) is 44.6 Å². The van der Waals surface area contributed by atoms with Gasteiger partial charge in [-0.2, -0.15) is 4.52 Å². The van der Waals surface area contributed by atoms with Crippen molar-refractivity contribution in [2.45, 2.75) is 6.92 Å². The van der Waals surface area contributed by atoms with Crippen LogP contribution in [0.2, 0.25) is 0 Å². The number of ether oxygens (including phenoxy) is 1. The molecule has 3 aromatic rings. The molecule has 0 saturated heterocycles. The summed E-state index contributed by atoms with van der Waals surface area (Å²) < 4.78 is 7.01. The maximum Gasteiger partial charge on any atom is 0.378 e. The van der Waals surface area contributed by atoms with Gasteiger partial charge in [0.05, 0.1) is 22.4 Å². The topological polar surface area (TPSA) is 122 Å². The lowest BCUT2D eigenvalue weighted by molar-refractivity contribution is -0.384. The number of carbonyl (C=O) groups excluding carboxylic acids is 1. The molecule has 1 aromatic carbocycles. The second-order valence-corrected chi connectivity index (χ2v) is 4.69. The molecule has 10 heteroatoms. The number of non-ortho nitro benzene ring substituents is 1. The molecule has 0 fully saturated rings. The summed E-state index contributed by atoms with van der Waals surface area (Å²) >= 11 is 0. The Labute approximate surface area is 128 Å². The van der Waals surface area contributed by atoms with E-state index in [1.54, 1.807) is 6.92 Å². The summed E-state index contributed by atoms with van der Waals surface area (Å²) in [6.07, 6.45) is 0. The van der Waals surface area contributed by atoms with Crippen LogP contribution in [0.1, 0.15) is 17.5 Å². The van der Waals surface area contributed by atoms with Crippen LogP contribution in [0.3, 0.4) is 0 Å². The number of fused-ring (bicyclic) bond motifs is 3. The van der Waals surface area contributed by atoms with E-state index >= 15 is 0 Å². The first-order valence-electron chi connectivity index (χ1n) is 6.65. The Balaban J connectivity index is 2.39. The van der Waals surface area contributed by atoms with E-state index in [-0.39, 0.29) is 23.8 Å². The van der Waals surface area contributed by atoms with E-state index in [0.29, 0.717) is 10.9 Å². The highest BCUT2D eigenvalue weighted by molar-refractivity contribution is 5.94. The van der Waals surface area contributed by atoms with Gasteiger partial charge < -0.3 is 4.74 Å². The summed E-state index contributed by atoms with van der Waals surface area (Å²) in [5, 5.41) is 15.1. The molecule has 0 saturated carbocycles. The molecule has 0 N–H and O–H groups in total. The van der Waals surface area contributed by atoms with Gasteiger partial charge in [0.15, 0.2) is 5.65 Å². The number of benzene rings is 1. The third-order valence-corrected chi connectivity index (χ3v) is 3.33. The number of carbonyl (C=O) groups is 1. The second kappa shape index (κ2) is 5.16. The molecule has 0 aliphatic carbocycles. The number of hydrogen-bond acceptors (Lipinski definition) is 7. The van der Waals surface area contributed by atoms with E-state index in [9.17, 15) is 19.7 Å². The van der Waals surface area contributed by atoms with Crippen molar-refractivity contribution < 1.29 is 14.5 Å². The fourth-order valence-corrected chi connectivity index (χ4v) is 2.26. The molecule has 0 radical (unpaired) electrons. The number of nitrogens with zero attached hydrogens (tertiary/aromatic N) is 5. The average molecular weight is 317 g/mol. The number of hydrogen-bond donors (Lipinski definition) is 0. The SMILES string of the molecule is CCOC(=O)c1nc2c3cc([N+](=O)[O-])ccc3n(C)c(=O)n2n1. The van der Waals surface area contributed by atoms with Crippen LogP contribution in [0.4, 0.5) is 5.69 Å². The summed E-state index contributed by atoms with van der Waals surface area (Å²) in [7, 11) is 1.50. The van der Waals surface area contributed by atoms with Gasteiger partial charge in [-0.05, 0) is 13.0 Å². The van der Waals surface area contributed by atoms with Gasteiger partial charge >= 0.3 is 11.7 Å². The summed E-state index contributed by atoms with van der Waals surface area (Å²) in [5.41, 5.74) is -0.172. The van der Waals surface area contributed by atoms with Gasteiger partial charge in [0, 0.05) is 19.2 Å². The Kier molecular flexibility index (Phi) is 3.28. The summed E-state index contributed by atoms with van der Waals surface area (Å²) in [6.45, 7) is 1.77. The Bertz CT molecular complexity index is 1020. The third kappa shape index (κ3) is 2.20. The van der Waals surface area contributed by atoms with Crippen molar-refractivity contribution in [2.75, 3.05) is 6.61 Å². The van der Waals surface area contributed by atoms with E-state index in [1.807, 2.05) is 0 Å². The van der Waals surface area contributed by atoms with Crippen molar-refractivity contribution in [1.29, 1.82) is 0 Å². The van der Waals surface area contributed by atoms with E-state index in [0.717, 1.165) is 4.52 Å². The molecule has 0 aliphatic rings. The maximum absolute atomic E-state index is 12.3. The zero-order valence-electron chi connectivity index (χ0n) is 12.2. The molecule has 2 aromatic heterocycles. The predicted molar refractivity (Wildman–Crippen MR) is 78.3 cm³/mol. The molecule has 3 rings (SSSR count). The second-order valence-electron chi connectivity index (χ2n) is 4.69. The number of nitro groups is 1. The van der Waals surface area contributed by atoms with E-state index in [2.05, 4.69) is 10.1 Å². The highest BCUT2D eigenvalue weighted by Gasteiger charge is 2.20. The Morgan fingerprint density at radius 2 is 2.17 bits per heavy atom. The van der Waals surface area contributed by atoms with Gasteiger partial charge in [0.1, 0.15) is 0 Å². The minimum absolute atomic E-state index is 0.0647. The van der Waals surface area contributed by atoms with Crippen LogP contribution in [-0.4, -0.2) is 36.7 Å². The first-order chi connectivity index (χ1) is 10.9. The molecular formula is C13H11N5O5. The molecular weight excluding hydrogens is 306 g/mol. The monoisotopic (exact) mass is 317 g/mol. The lowest BCUT2D eigenvalue weighted by Gasteiger charge is -2.05. The Morgan fingerprint density at radius 1 is 1.43 bits per heavy atom. The normalized spacial score (nSPS) is 11.0. The number of aromatic nitrogens is 4. The molecule has 118 valence electrons. The maximum atomic E-state index is 12.3. The Morgan fingerprint density at radius 3 is 2.83 bits per heavy atom. The molecule has 0 atom stereocenters. The summed E-state index contributed by atoms with van der Waals surface area (Å²) in [4.78, 5) is 38.4. The molecule has 0 bridgehead atoms. The number of rotatable bonds is 3. The van der Waals surface area contributed by atoms with E-state index < -0.39 is 16.6 Å². The van der Waals surface area contributed by atoms with Gasteiger partial charge in [0.2, 0.25) is 0 Å². The van der Waals surface area contributed by atoms with Crippen LogP contribution < -0.4 is 5.69 Å². The number of esters is 1. The smallest absolute Gasteiger partial charge is 0.378 e. The number of nitro benzene ring substituents is 1. The van der Waals surface area contributed by atoms with E-state index in [1.165, 1.54) is 29.8 Å². The zero-order valence-corrected chi connectivity index (χ0v) is 12.2.